The van der Waals surface area contributed by atoms with Crippen molar-refractivity contribution in [2.75, 3.05) is 36.4 Å². The monoisotopic (exact) mass is 557 g/mol. The van der Waals surface area contributed by atoms with Crippen LogP contribution < -0.4 is 15.5 Å². The lowest BCUT2D eigenvalue weighted by atomic mass is 9.98. The summed E-state index contributed by atoms with van der Waals surface area (Å²) in [6.07, 6.45) is 1.94. The molecule has 1 aliphatic carbocycles. The van der Waals surface area contributed by atoms with Crippen molar-refractivity contribution < 1.29 is 14.3 Å². The molecule has 12 heteroatoms. The third-order valence-corrected chi connectivity index (χ3v) is 7.43. The number of nitrogens with one attached hydrogen (secondary N) is 3. The van der Waals surface area contributed by atoms with Gasteiger partial charge in [-0.15, -0.1) is 5.10 Å². The maximum Gasteiger partial charge on any atom is 0.408 e. The predicted molar refractivity (Wildman–Crippen MR) is 154 cm³/mol. The molecule has 3 N–H and O–H groups in total. The number of piperazine rings is 1. The van der Waals surface area contributed by atoms with E-state index in [4.69, 9.17) is 14.8 Å². The molecule has 12 nitrogen and oxygen atoms in total. The highest BCUT2D eigenvalue weighted by molar-refractivity contribution is 5.83. The first-order valence-corrected chi connectivity index (χ1v) is 13.9. The number of carbonyl (C=O) groups excluding carboxylic acids is 2. The summed E-state index contributed by atoms with van der Waals surface area (Å²) in [6.45, 7) is 9.65. The van der Waals surface area contributed by atoms with Crippen LogP contribution in [0.15, 0.2) is 48.7 Å². The Balaban J connectivity index is 1.16. The first-order chi connectivity index (χ1) is 19.6. The molecule has 2 aliphatic rings. The van der Waals surface area contributed by atoms with Crippen LogP contribution in [0.3, 0.4) is 0 Å². The molecule has 2 amide bonds. The number of aromatic amines is 1. The molecule has 1 aliphatic heterocycles. The van der Waals surface area contributed by atoms with Crippen molar-refractivity contribution in [2.45, 2.75) is 45.8 Å². The van der Waals surface area contributed by atoms with Crippen molar-refractivity contribution in [3.63, 3.8) is 0 Å². The van der Waals surface area contributed by atoms with Gasteiger partial charge in [-0.2, -0.15) is 10.1 Å². The average molecular weight is 558 g/mol. The van der Waals surface area contributed by atoms with Crippen LogP contribution in [0.25, 0.3) is 5.52 Å². The lowest BCUT2D eigenvalue weighted by Gasteiger charge is -2.37. The Labute approximate surface area is 238 Å². The summed E-state index contributed by atoms with van der Waals surface area (Å²) < 4.78 is 7.31. The van der Waals surface area contributed by atoms with Gasteiger partial charge >= 0.3 is 6.09 Å². The highest BCUT2D eigenvalue weighted by Gasteiger charge is 2.41. The Morgan fingerprint density at radius 1 is 1.07 bits per heavy atom. The number of H-pyrrole nitrogens is 1. The number of carbonyl (C=O) groups is 2. The Hall–Kier alpha value is -4.61. The Kier molecular flexibility index (Phi) is 6.76. The fourth-order valence-electron chi connectivity index (χ4n) is 5.55. The molecule has 214 valence electrons. The van der Waals surface area contributed by atoms with Crippen molar-refractivity contribution in [2.24, 2.45) is 5.92 Å². The van der Waals surface area contributed by atoms with Crippen molar-refractivity contribution in [3.8, 4) is 0 Å². The number of amides is 2. The van der Waals surface area contributed by atoms with Crippen molar-refractivity contribution in [1.82, 2.24) is 35.0 Å². The Morgan fingerprint density at radius 3 is 2.59 bits per heavy atom. The van der Waals surface area contributed by atoms with E-state index in [-0.39, 0.29) is 5.91 Å². The van der Waals surface area contributed by atoms with Crippen LogP contribution in [0, 0.1) is 12.8 Å². The van der Waals surface area contributed by atoms with Crippen LogP contribution in [0.2, 0.25) is 0 Å². The van der Waals surface area contributed by atoms with E-state index in [1.54, 1.807) is 4.52 Å². The van der Waals surface area contributed by atoms with Crippen LogP contribution in [-0.2, 0) is 16.0 Å². The van der Waals surface area contributed by atoms with Gasteiger partial charge in [0.2, 0.25) is 11.9 Å². The summed E-state index contributed by atoms with van der Waals surface area (Å²) in [5.41, 5.74) is 3.20. The third-order valence-electron chi connectivity index (χ3n) is 7.43. The lowest BCUT2D eigenvalue weighted by Crippen LogP contribution is -2.52. The minimum Gasteiger partial charge on any atom is -0.444 e. The van der Waals surface area contributed by atoms with Gasteiger partial charge in [-0.25, -0.2) is 9.31 Å². The van der Waals surface area contributed by atoms with Crippen LogP contribution in [-0.4, -0.2) is 73.5 Å². The maximum absolute atomic E-state index is 13.8. The van der Waals surface area contributed by atoms with Gasteiger partial charge in [0.05, 0.1) is 12.0 Å². The summed E-state index contributed by atoms with van der Waals surface area (Å²) in [5.74, 6) is 1.54. The molecule has 0 bridgehead atoms. The lowest BCUT2D eigenvalue weighted by molar-refractivity contribution is -0.136. The van der Waals surface area contributed by atoms with E-state index in [0.29, 0.717) is 50.2 Å². The fraction of sp³-hybridized carbons (Fsp3) is 0.414. The SMILES string of the molecule is Cc1cc(Nc2nc(N3CCN(C(=O)C4Cc5ccccc5C4NC(=O)OC(C)(C)C)CC3)nn3cccc23)n[nH]1. The number of nitrogens with zero attached hydrogens (tertiary/aromatic N) is 6. The van der Waals surface area contributed by atoms with Crippen molar-refractivity contribution in [1.29, 1.82) is 0 Å². The molecule has 2 atom stereocenters. The number of aryl methyl sites for hydroxylation is 1. The molecule has 41 heavy (non-hydrogen) atoms. The molecule has 0 spiro atoms. The topological polar surface area (TPSA) is 133 Å². The summed E-state index contributed by atoms with van der Waals surface area (Å²) in [6, 6.07) is 13.3. The molecule has 1 fully saturated rings. The molecular formula is C29H35N9O3. The number of benzene rings is 1. The first-order valence-electron chi connectivity index (χ1n) is 13.9. The van der Waals surface area contributed by atoms with Crippen LogP contribution in [0.5, 0.6) is 0 Å². The number of ether oxygens (including phenoxy) is 1. The zero-order chi connectivity index (χ0) is 28.7. The van der Waals surface area contributed by atoms with Gasteiger partial charge in [-0.1, -0.05) is 24.3 Å². The summed E-state index contributed by atoms with van der Waals surface area (Å²) in [7, 11) is 0. The fourth-order valence-corrected chi connectivity index (χ4v) is 5.55. The van der Waals surface area contributed by atoms with Gasteiger partial charge in [0.25, 0.3) is 0 Å². The molecule has 6 rings (SSSR count). The Bertz CT molecular complexity index is 1580. The number of anilines is 3. The molecule has 3 aromatic heterocycles. The van der Waals surface area contributed by atoms with E-state index < -0.39 is 23.7 Å². The van der Waals surface area contributed by atoms with Gasteiger partial charge in [-0.3, -0.25) is 9.89 Å². The molecule has 1 saturated heterocycles. The minimum absolute atomic E-state index is 0.0277. The van der Waals surface area contributed by atoms with E-state index in [1.165, 1.54) is 0 Å². The van der Waals surface area contributed by atoms with Gasteiger partial charge < -0.3 is 25.2 Å². The smallest absolute Gasteiger partial charge is 0.408 e. The van der Waals surface area contributed by atoms with Gasteiger partial charge in [0.1, 0.15) is 11.1 Å². The number of fused-ring (bicyclic) bond motifs is 2. The molecule has 0 saturated carbocycles. The number of hydrogen-bond acceptors (Lipinski definition) is 8. The van der Waals surface area contributed by atoms with Gasteiger partial charge in [0, 0.05) is 44.1 Å². The largest absolute Gasteiger partial charge is 0.444 e. The number of alkyl carbamates (subject to hydrolysis) is 1. The predicted octanol–water partition coefficient (Wildman–Crippen LogP) is 3.59. The van der Waals surface area contributed by atoms with Crippen LogP contribution in [0.1, 0.15) is 43.6 Å². The second-order valence-electron chi connectivity index (χ2n) is 11.6. The van der Waals surface area contributed by atoms with E-state index >= 15 is 0 Å². The van der Waals surface area contributed by atoms with E-state index in [2.05, 4.69) is 25.7 Å². The normalized spacial score (nSPS) is 18.8. The van der Waals surface area contributed by atoms with Gasteiger partial charge in [0.15, 0.2) is 11.6 Å². The second-order valence-corrected chi connectivity index (χ2v) is 11.6. The highest BCUT2D eigenvalue weighted by Crippen LogP contribution is 2.37. The Morgan fingerprint density at radius 2 is 1.85 bits per heavy atom. The molecule has 0 radical (unpaired) electrons. The first kappa shape index (κ1) is 26.6. The summed E-state index contributed by atoms with van der Waals surface area (Å²) >= 11 is 0. The standard InChI is InChI=1S/C29H35N9O3/c1-18-16-23(34-33-18)30-25-22-10-7-11-38(22)35-27(32-25)37-14-12-36(13-15-37)26(39)21-17-19-8-5-6-9-20(19)24(21)31-28(40)41-29(2,3)4/h5-11,16,21,24H,12-15,17H2,1-4H3,(H,31,40)(H2,30,32,33,34,35). The number of hydrogen-bond donors (Lipinski definition) is 3. The zero-order valence-corrected chi connectivity index (χ0v) is 23.7. The van der Waals surface area contributed by atoms with E-state index in [9.17, 15) is 9.59 Å². The minimum atomic E-state index is -0.629. The molecule has 2 unspecified atom stereocenters. The molecule has 1 aromatic carbocycles. The number of aromatic nitrogens is 5. The maximum atomic E-state index is 13.8. The molecule has 4 heterocycles. The van der Waals surface area contributed by atoms with E-state index in [0.717, 1.165) is 22.3 Å². The van der Waals surface area contributed by atoms with E-state index in [1.807, 2.05) is 81.3 Å². The molecule has 4 aromatic rings. The second kappa shape index (κ2) is 10.4. The zero-order valence-electron chi connectivity index (χ0n) is 23.7. The highest BCUT2D eigenvalue weighted by atomic mass is 16.6. The van der Waals surface area contributed by atoms with Gasteiger partial charge in [-0.05, 0) is 57.4 Å². The van der Waals surface area contributed by atoms with Crippen molar-refractivity contribution in [3.05, 3.63) is 65.5 Å². The molecular weight excluding hydrogens is 522 g/mol. The van der Waals surface area contributed by atoms with Crippen molar-refractivity contribution >= 4 is 35.1 Å². The quantitative estimate of drug-likeness (QED) is 0.339. The van der Waals surface area contributed by atoms with Crippen LogP contribution in [0.4, 0.5) is 22.4 Å². The average Bonchev–Trinajstić information content (AvgIpc) is 3.66. The number of rotatable bonds is 5. The third kappa shape index (κ3) is 5.54. The summed E-state index contributed by atoms with van der Waals surface area (Å²) in [4.78, 5) is 35.3. The van der Waals surface area contributed by atoms with Crippen LogP contribution >= 0.6 is 0 Å². The summed E-state index contributed by atoms with van der Waals surface area (Å²) in [5, 5.41) is 18.2.